The fourth-order valence-electron chi connectivity index (χ4n) is 1.60. The Morgan fingerprint density at radius 1 is 1.38 bits per heavy atom. The zero-order valence-corrected chi connectivity index (χ0v) is 11.8. The highest BCUT2D eigenvalue weighted by Gasteiger charge is 2.17. The first-order valence-electron chi connectivity index (χ1n) is 6.09. The number of carbonyl (C=O) groups is 1. The molecular weight excluding hydrogens is 278 g/mol. The van der Waals surface area contributed by atoms with Crippen molar-refractivity contribution in [3.05, 3.63) is 33.9 Å². The average Bonchev–Trinajstić information content (AvgIpc) is 2.49. The van der Waals surface area contributed by atoms with Gasteiger partial charge in [-0.05, 0) is 12.1 Å². The van der Waals surface area contributed by atoms with Gasteiger partial charge in [0.05, 0.1) is 30.8 Å². The van der Waals surface area contributed by atoms with Crippen LogP contribution in [0.25, 0.3) is 6.08 Å². The lowest BCUT2D eigenvalue weighted by atomic mass is 10.1. The molecule has 0 aliphatic heterocycles. The number of carbonyl (C=O) groups excluding carboxylic acids is 1. The van der Waals surface area contributed by atoms with Crippen molar-refractivity contribution in [2.45, 2.75) is 0 Å². The van der Waals surface area contributed by atoms with Crippen molar-refractivity contribution in [1.82, 2.24) is 5.32 Å². The van der Waals surface area contributed by atoms with E-state index in [4.69, 9.17) is 15.2 Å². The van der Waals surface area contributed by atoms with E-state index >= 15 is 0 Å². The second kappa shape index (κ2) is 7.85. The molecule has 8 heteroatoms. The minimum atomic E-state index is -0.556. The third-order valence-electron chi connectivity index (χ3n) is 2.59. The summed E-state index contributed by atoms with van der Waals surface area (Å²) in [7, 11) is 2.81. The number of methoxy groups -OCH3 is 2. The molecule has 1 aromatic rings. The Labute approximate surface area is 121 Å². The summed E-state index contributed by atoms with van der Waals surface area (Å²) in [6.07, 6.45) is 2.54. The van der Waals surface area contributed by atoms with Crippen molar-refractivity contribution < 1.29 is 19.2 Å². The van der Waals surface area contributed by atoms with Crippen molar-refractivity contribution in [3.8, 4) is 11.5 Å². The molecule has 0 radical (unpaired) electrons. The van der Waals surface area contributed by atoms with E-state index in [-0.39, 0.29) is 22.9 Å². The minimum Gasteiger partial charge on any atom is -0.493 e. The molecule has 0 aliphatic rings. The van der Waals surface area contributed by atoms with Gasteiger partial charge in [0.15, 0.2) is 11.5 Å². The first-order chi connectivity index (χ1) is 10.0. The molecule has 21 heavy (non-hydrogen) atoms. The number of ether oxygens (including phenoxy) is 2. The van der Waals surface area contributed by atoms with E-state index in [0.717, 1.165) is 0 Å². The molecule has 8 nitrogen and oxygen atoms in total. The Morgan fingerprint density at radius 2 is 2.00 bits per heavy atom. The second-order valence-electron chi connectivity index (χ2n) is 3.94. The molecule has 0 fully saturated rings. The summed E-state index contributed by atoms with van der Waals surface area (Å²) in [5.74, 6) is 0.198. The number of rotatable bonds is 7. The Hall–Kier alpha value is -2.61. The van der Waals surface area contributed by atoms with Crippen LogP contribution in [0.5, 0.6) is 11.5 Å². The molecule has 114 valence electrons. The number of nitro benzene ring substituents is 1. The van der Waals surface area contributed by atoms with Crippen LogP contribution >= 0.6 is 0 Å². The number of hydrogen-bond acceptors (Lipinski definition) is 6. The van der Waals surface area contributed by atoms with E-state index in [1.54, 1.807) is 0 Å². The first kappa shape index (κ1) is 16.4. The lowest BCUT2D eigenvalue weighted by molar-refractivity contribution is -0.385. The van der Waals surface area contributed by atoms with Crippen molar-refractivity contribution in [2.24, 2.45) is 5.73 Å². The molecule has 0 heterocycles. The van der Waals surface area contributed by atoms with Gasteiger partial charge in [-0.3, -0.25) is 14.9 Å². The zero-order valence-electron chi connectivity index (χ0n) is 11.8. The van der Waals surface area contributed by atoms with E-state index in [2.05, 4.69) is 5.32 Å². The average molecular weight is 295 g/mol. The second-order valence-corrected chi connectivity index (χ2v) is 3.94. The summed E-state index contributed by atoms with van der Waals surface area (Å²) in [5.41, 5.74) is 5.31. The van der Waals surface area contributed by atoms with Gasteiger partial charge in [-0.2, -0.15) is 0 Å². The molecule has 0 saturated carbocycles. The highest BCUT2D eigenvalue weighted by Crippen LogP contribution is 2.35. The number of nitrogens with one attached hydrogen (secondary N) is 1. The van der Waals surface area contributed by atoms with Crippen LogP contribution in [0.1, 0.15) is 5.56 Å². The minimum absolute atomic E-state index is 0.185. The highest BCUT2D eigenvalue weighted by molar-refractivity contribution is 5.92. The molecule has 0 bridgehead atoms. The first-order valence-corrected chi connectivity index (χ1v) is 6.09. The van der Waals surface area contributed by atoms with Crippen LogP contribution in [0.2, 0.25) is 0 Å². The van der Waals surface area contributed by atoms with Crippen molar-refractivity contribution in [2.75, 3.05) is 27.3 Å². The van der Waals surface area contributed by atoms with E-state index < -0.39 is 4.92 Å². The van der Waals surface area contributed by atoms with Crippen molar-refractivity contribution >= 4 is 17.7 Å². The van der Waals surface area contributed by atoms with Gasteiger partial charge in [-0.25, -0.2) is 0 Å². The van der Waals surface area contributed by atoms with E-state index in [9.17, 15) is 14.9 Å². The fourth-order valence-corrected chi connectivity index (χ4v) is 1.60. The lowest BCUT2D eigenvalue weighted by Crippen LogP contribution is -2.27. The predicted molar refractivity (Wildman–Crippen MR) is 77.3 cm³/mol. The largest absolute Gasteiger partial charge is 0.493 e. The lowest BCUT2D eigenvalue weighted by Gasteiger charge is -2.08. The third-order valence-corrected chi connectivity index (χ3v) is 2.59. The fraction of sp³-hybridized carbons (Fsp3) is 0.308. The number of benzene rings is 1. The zero-order chi connectivity index (χ0) is 15.8. The molecule has 0 saturated heterocycles. The molecule has 1 amide bonds. The van der Waals surface area contributed by atoms with Gasteiger partial charge in [0.1, 0.15) is 0 Å². The van der Waals surface area contributed by atoms with Crippen LogP contribution in [0.3, 0.4) is 0 Å². The van der Waals surface area contributed by atoms with Gasteiger partial charge < -0.3 is 20.5 Å². The van der Waals surface area contributed by atoms with E-state index in [1.165, 1.54) is 38.5 Å². The number of nitro groups is 1. The Morgan fingerprint density at radius 3 is 2.52 bits per heavy atom. The maximum Gasteiger partial charge on any atom is 0.280 e. The summed E-state index contributed by atoms with van der Waals surface area (Å²) in [6, 6.07) is 2.68. The quantitative estimate of drug-likeness (QED) is 0.434. The highest BCUT2D eigenvalue weighted by atomic mass is 16.6. The predicted octanol–water partition coefficient (Wildman–Crippen LogP) is 0.700. The summed E-state index contributed by atoms with van der Waals surface area (Å²) in [4.78, 5) is 22.0. The maximum atomic E-state index is 11.5. The van der Waals surface area contributed by atoms with Gasteiger partial charge in [0.25, 0.3) is 5.69 Å². The molecule has 0 spiro atoms. The van der Waals surface area contributed by atoms with Crippen LogP contribution in [-0.2, 0) is 4.79 Å². The number of hydrogen-bond donors (Lipinski definition) is 2. The van der Waals surface area contributed by atoms with Crippen LogP contribution in [0, 0.1) is 10.1 Å². The van der Waals surface area contributed by atoms with Crippen molar-refractivity contribution in [1.29, 1.82) is 0 Å². The van der Waals surface area contributed by atoms with Crippen LogP contribution in [0.4, 0.5) is 5.69 Å². The van der Waals surface area contributed by atoms with Crippen LogP contribution in [-0.4, -0.2) is 38.1 Å². The van der Waals surface area contributed by atoms with Gasteiger partial charge in [0, 0.05) is 19.2 Å². The number of amides is 1. The monoisotopic (exact) mass is 295 g/mol. The molecular formula is C13H17N3O5. The van der Waals surface area contributed by atoms with Crippen LogP contribution in [0.15, 0.2) is 18.2 Å². The number of nitrogens with zero attached hydrogens (tertiary/aromatic N) is 1. The maximum absolute atomic E-state index is 11.5. The standard InChI is InChI=1S/C13H17N3O5/c1-20-11-7-9(3-4-13(17)15-6-5-14)10(16(18)19)8-12(11)21-2/h3-4,7-8H,5-6,14H2,1-2H3,(H,15,17). The molecule has 3 N–H and O–H groups in total. The molecule has 0 unspecified atom stereocenters. The summed E-state index contributed by atoms with van der Waals surface area (Å²) >= 11 is 0. The Kier molecular flexibility index (Phi) is 6.15. The van der Waals surface area contributed by atoms with Crippen LogP contribution < -0.4 is 20.5 Å². The van der Waals surface area contributed by atoms with Gasteiger partial charge in [0.2, 0.25) is 5.91 Å². The Bertz CT molecular complexity index is 557. The summed E-state index contributed by atoms with van der Waals surface area (Å²) in [6.45, 7) is 0.646. The summed E-state index contributed by atoms with van der Waals surface area (Å²) < 4.78 is 10.1. The van der Waals surface area contributed by atoms with E-state index in [0.29, 0.717) is 18.8 Å². The van der Waals surface area contributed by atoms with Gasteiger partial charge >= 0.3 is 0 Å². The van der Waals surface area contributed by atoms with E-state index in [1.807, 2.05) is 0 Å². The molecule has 1 rings (SSSR count). The molecule has 0 aliphatic carbocycles. The smallest absolute Gasteiger partial charge is 0.280 e. The van der Waals surface area contributed by atoms with Crippen molar-refractivity contribution in [3.63, 3.8) is 0 Å². The third kappa shape index (κ3) is 4.46. The topological polar surface area (TPSA) is 117 Å². The molecule has 0 atom stereocenters. The Balaban J connectivity index is 3.12. The SMILES string of the molecule is COc1cc(C=CC(=O)NCCN)c([N+](=O)[O-])cc1OC. The normalized spacial score (nSPS) is 10.4. The molecule has 1 aromatic carbocycles. The van der Waals surface area contributed by atoms with Gasteiger partial charge in [-0.15, -0.1) is 0 Å². The number of nitrogens with two attached hydrogens (primary N) is 1. The molecule has 0 aromatic heterocycles. The summed E-state index contributed by atoms with van der Waals surface area (Å²) in [5, 5.41) is 13.6. The van der Waals surface area contributed by atoms with Gasteiger partial charge in [-0.1, -0.05) is 0 Å².